The molecule has 3 aromatic rings. The monoisotopic (exact) mass is 439 g/mol. The summed E-state index contributed by atoms with van der Waals surface area (Å²) in [6.07, 6.45) is 1.58. The van der Waals surface area contributed by atoms with Gasteiger partial charge in [-0.25, -0.2) is 0 Å². The van der Waals surface area contributed by atoms with Crippen LogP contribution in [0, 0.1) is 13.8 Å². The lowest BCUT2D eigenvalue weighted by Gasteiger charge is -2.10. The minimum Gasteiger partial charge on any atom is -0.492 e. The number of amides is 2. The smallest absolute Gasteiger partial charge is 0.251 e. The van der Waals surface area contributed by atoms with E-state index in [9.17, 15) is 9.59 Å². The van der Waals surface area contributed by atoms with Crippen molar-refractivity contribution in [3.63, 3.8) is 0 Å². The maximum atomic E-state index is 12.4. The molecule has 3 rings (SSSR count). The highest BCUT2D eigenvalue weighted by molar-refractivity contribution is 7.99. The Morgan fingerprint density at radius 1 is 1.13 bits per heavy atom. The Balaban J connectivity index is 1.45. The SMILES string of the molecule is Cc1cc(C)cc(OCCNC(=O)c2cccc(NC(=O)CSc3nncn3C)c2)c1. The number of carbonyl (C=O) groups excluding carboxylic acids is 2. The van der Waals surface area contributed by atoms with Crippen LogP contribution in [-0.2, 0) is 11.8 Å². The van der Waals surface area contributed by atoms with Crippen LogP contribution in [0.4, 0.5) is 5.69 Å². The van der Waals surface area contributed by atoms with E-state index < -0.39 is 0 Å². The van der Waals surface area contributed by atoms with Gasteiger partial charge < -0.3 is 19.9 Å². The van der Waals surface area contributed by atoms with E-state index in [-0.39, 0.29) is 17.6 Å². The lowest BCUT2D eigenvalue weighted by atomic mass is 10.1. The maximum absolute atomic E-state index is 12.4. The summed E-state index contributed by atoms with van der Waals surface area (Å²) in [5, 5.41) is 14.0. The molecule has 0 aliphatic heterocycles. The maximum Gasteiger partial charge on any atom is 0.251 e. The molecule has 1 aromatic heterocycles. The number of aryl methyl sites for hydroxylation is 3. The number of nitrogens with zero attached hydrogens (tertiary/aromatic N) is 3. The van der Waals surface area contributed by atoms with Crippen molar-refractivity contribution in [2.75, 3.05) is 24.2 Å². The molecule has 0 aliphatic carbocycles. The molecule has 8 nitrogen and oxygen atoms in total. The number of anilines is 1. The molecule has 0 saturated carbocycles. The van der Waals surface area contributed by atoms with E-state index in [1.54, 1.807) is 35.2 Å². The van der Waals surface area contributed by atoms with Crippen LogP contribution in [0.3, 0.4) is 0 Å². The molecule has 0 aliphatic rings. The first-order chi connectivity index (χ1) is 14.9. The molecule has 162 valence electrons. The second-order valence-electron chi connectivity index (χ2n) is 7.07. The van der Waals surface area contributed by atoms with Gasteiger partial charge in [-0.2, -0.15) is 0 Å². The van der Waals surface area contributed by atoms with Crippen molar-refractivity contribution in [1.29, 1.82) is 0 Å². The van der Waals surface area contributed by atoms with Crippen LogP contribution < -0.4 is 15.4 Å². The van der Waals surface area contributed by atoms with Gasteiger partial charge in [0, 0.05) is 18.3 Å². The number of nitrogens with one attached hydrogen (secondary N) is 2. The Morgan fingerprint density at radius 2 is 1.90 bits per heavy atom. The molecule has 0 bridgehead atoms. The molecule has 0 radical (unpaired) electrons. The van der Waals surface area contributed by atoms with Crippen molar-refractivity contribution < 1.29 is 14.3 Å². The fraction of sp³-hybridized carbons (Fsp3) is 0.273. The summed E-state index contributed by atoms with van der Waals surface area (Å²) in [7, 11) is 1.81. The second kappa shape index (κ2) is 10.6. The Labute approximate surface area is 185 Å². The van der Waals surface area contributed by atoms with Crippen LogP contribution in [0.1, 0.15) is 21.5 Å². The first-order valence-electron chi connectivity index (χ1n) is 9.77. The zero-order valence-electron chi connectivity index (χ0n) is 17.7. The standard InChI is InChI=1S/C22H25N5O3S/c1-15-9-16(2)11-19(10-15)30-8-7-23-21(29)17-5-4-6-18(12-17)25-20(28)13-31-22-26-24-14-27(22)3/h4-6,9-12,14H,7-8,13H2,1-3H3,(H,23,29)(H,25,28). The zero-order chi connectivity index (χ0) is 22.2. The quantitative estimate of drug-likeness (QED) is 0.393. The third-order valence-corrected chi connectivity index (χ3v) is 5.30. The number of ether oxygens (including phenoxy) is 1. The lowest BCUT2D eigenvalue weighted by Crippen LogP contribution is -2.28. The van der Waals surface area contributed by atoms with Crippen molar-refractivity contribution in [1.82, 2.24) is 20.1 Å². The Kier molecular flexibility index (Phi) is 7.66. The molecule has 2 N–H and O–H groups in total. The highest BCUT2D eigenvalue weighted by atomic mass is 32.2. The van der Waals surface area contributed by atoms with Gasteiger partial charge in [0.15, 0.2) is 5.16 Å². The Hall–Kier alpha value is -3.33. The highest BCUT2D eigenvalue weighted by Crippen LogP contribution is 2.17. The number of hydrogen-bond donors (Lipinski definition) is 2. The van der Waals surface area contributed by atoms with Gasteiger partial charge in [-0.1, -0.05) is 23.9 Å². The number of hydrogen-bond acceptors (Lipinski definition) is 6. The number of aromatic nitrogens is 3. The predicted octanol–water partition coefficient (Wildman–Crippen LogP) is 2.97. The van der Waals surface area contributed by atoms with Crippen molar-refractivity contribution >= 4 is 29.3 Å². The third kappa shape index (κ3) is 6.85. The first kappa shape index (κ1) is 22.4. The van der Waals surface area contributed by atoms with Crippen LogP contribution in [0.25, 0.3) is 0 Å². The van der Waals surface area contributed by atoms with Gasteiger partial charge in [0.05, 0.1) is 12.3 Å². The molecule has 0 fully saturated rings. The molecule has 0 unspecified atom stereocenters. The normalized spacial score (nSPS) is 10.5. The Bertz CT molecular complexity index is 1050. The van der Waals surface area contributed by atoms with Gasteiger partial charge in [0.2, 0.25) is 5.91 Å². The van der Waals surface area contributed by atoms with E-state index in [0.717, 1.165) is 16.9 Å². The van der Waals surface area contributed by atoms with Gasteiger partial charge in [-0.05, 0) is 55.3 Å². The number of carbonyl (C=O) groups is 2. The predicted molar refractivity (Wildman–Crippen MR) is 121 cm³/mol. The van der Waals surface area contributed by atoms with Gasteiger partial charge >= 0.3 is 0 Å². The van der Waals surface area contributed by atoms with Crippen LogP contribution in [0.2, 0.25) is 0 Å². The summed E-state index contributed by atoms with van der Waals surface area (Å²) in [4.78, 5) is 24.6. The highest BCUT2D eigenvalue weighted by Gasteiger charge is 2.10. The van der Waals surface area contributed by atoms with Crippen LogP contribution in [0.15, 0.2) is 53.9 Å². The molecule has 9 heteroatoms. The number of rotatable bonds is 9. The van der Waals surface area contributed by atoms with Crippen molar-refractivity contribution in [2.45, 2.75) is 19.0 Å². The fourth-order valence-electron chi connectivity index (χ4n) is 2.92. The fourth-order valence-corrected chi connectivity index (χ4v) is 3.61. The summed E-state index contributed by atoms with van der Waals surface area (Å²) < 4.78 is 7.45. The minimum absolute atomic E-state index is 0.188. The summed E-state index contributed by atoms with van der Waals surface area (Å²) in [5.41, 5.74) is 3.29. The van der Waals surface area contributed by atoms with Crippen molar-refractivity contribution in [3.05, 3.63) is 65.5 Å². The minimum atomic E-state index is -0.228. The molecule has 0 atom stereocenters. The molecule has 0 saturated heterocycles. The first-order valence-corrected chi connectivity index (χ1v) is 10.8. The topological polar surface area (TPSA) is 98.1 Å². The van der Waals surface area contributed by atoms with E-state index in [4.69, 9.17) is 4.74 Å². The third-order valence-electron chi connectivity index (χ3n) is 4.26. The van der Waals surface area contributed by atoms with E-state index >= 15 is 0 Å². The summed E-state index contributed by atoms with van der Waals surface area (Å²) >= 11 is 1.29. The average molecular weight is 440 g/mol. The van der Waals surface area contributed by atoms with E-state index in [1.807, 2.05) is 33.0 Å². The molecule has 2 amide bonds. The number of benzene rings is 2. The van der Waals surface area contributed by atoms with E-state index in [1.165, 1.54) is 11.8 Å². The largest absolute Gasteiger partial charge is 0.492 e. The van der Waals surface area contributed by atoms with Crippen molar-refractivity contribution in [3.8, 4) is 5.75 Å². The molecule has 2 aromatic carbocycles. The van der Waals surface area contributed by atoms with Crippen molar-refractivity contribution in [2.24, 2.45) is 7.05 Å². The van der Waals surface area contributed by atoms with E-state index in [2.05, 4.69) is 26.9 Å². The second-order valence-corrected chi connectivity index (χ2v) is 8.01. The van der Waals surface area contributed by atoms with Crippen LogP contribution in [-0.4, -0.2) is 45.5 Å². The molecule has 0 spiro atoms. The van der Waals surface area contributed by atoms with Gasteiger partial charge in [0.1, 0.15) is 18.7 Å². The van der Waals surface area contributed by atoms with Gasteiger partial charge in [-0.3, -0.25) is 9.59 Å². The Morgan fingerprint density at radius 3 is 2.61 bits per heavy atom. The molecular weight excluding hydrogens is 414 g/mol. The summed E-state index contributed by atoms with van der Waals surface area (Å²) in [5.74, 6) is 0.565. The van der Waals surface area contributed by atoms with Crippen LogP contribution >= 0.6 is 11.8 Å². The van der Waals surface area contributed by atoms with Gasteiger partial charge in [0.25, 0.3) is 5.91 Å². The molecular formula is C22H25N5O3S. The number of thioether (sulfide) groups is 1. The molecule has 1 heterocycles. The van der Waals surface area contributed by atoms with Gasteiger partial charge in [-0.15, -0.1) is 10.2 Å². The summed E-state index contributed by atoms with van der Waals surface area (Å²) in [6.45, 7) is 4.77. The van der Waals surface area contributed by atoms with Crippen LogP contribution in [0.5, 0.6) is 5.75 Å². The van der Waals surface area contributed by atoms with E-state index in [0.29, 0.717) is 29.6 Å². The lowest BCUT2D eigenvalue weighted by molar-refractivity contribution is -0.113. The molecule has 31 heavy (non-hydrogen) atoms. The zero-order valence-corrected chi connectivity index (χ0v) is 18.5. The summed E-state index contributed by atoms with van der Waals surface area (Å²) in [6, 6.07) is 12.8. The average Bonchev–Trinajstić information content (AvgIpc) is 3.14.